The molecule has 1 fully saturated rings. The van der Waals surface area contributed by atoms with Crippen LogP contribution in [0.4, 0.5) is 8.78 Å². The third kappa shape index (κ3) is 6.53. The van der Waals surface area contributed by atoms with Crippen molar-refractivity contribution < 1.29 is 13.5 Å². The Kier molecular flexibility index (Phi) is 8.25. The number of halogens is 2. The lowest BCUT2D eigenvalue weighted by atomic mass is 10.1. The molecular formula is C19H30F2N4O. The van der Waals surface area contributed by atoms with Crippen molar-refractivity contribution in [3.8, 4) is 0 Å². The highest BCUT2D eigenvalue weighted by molar-refractivity contribution is 5.79. The first-order valence-electron chi connectivity index (χ1n) is 9.21. The molecule has 1 heterocycles. The van der Waals surface area contributed by atoms with Gasteiger partial charge in [-0.2, -0.15) is 0 Å². The van der Waals surface area contributed by atoms with E-state index in [9.17, 15) is 8.78 Å². The SMILES string of the molecule is CN=C(NCCc1cccc(F)c1F)NCC1CN(CC(C)C)CCO1. The van der Waals surface area contributed by atoms with Gasteiger partial charge in [0.2, 0.25) is 0 Å². The van der Waals surface area contributed by atoms with Crippen LogP contribution in [0.5, 0.6) is 0 Å². The standard InChI is InChI=1S/C19H30F2N4O/c1-14(2)12-25-9-10-26-16(13-25)11-24-19(22-3)23-8-7-15-5-4-6-17(20)18(15)21/h4-6,14,16H,7-13H2,1-3H3,(H2,22,23,24). The number of nitrogens with one attached hydrogen (secondary N) is 2. The maximum absolute atomic E-state index is 13.7. The van der Waals surface area contributed by atoms with Crippen molar-refractivity contribution >= 4 is 5.96 Å². The Labute approximate surface area is 154 Å². The van der Waals surface area contributed by atoms with Crippen LogP contribution in [0, 0.1) is 17.6 Å². The number of nitrogens with zero attached hydrogens (tertiary/aromatic N) is 2. The van der Waals surface area contributed by atoms with Crippen LogP contribution in [0.2, 0.25) is 0 Å². The molecule has 0 saturated carbocycles. The van der Waals surface area contributed by atoms with Crippen LogP contribution in [0.25, 0.3) is 0 Å². The zero-order valence-electron chi connectivity index (χ0n) is 15.9. The summed E-state index contributed by atoms with van der Waals surface area (Å²) in [6, 6.07) is 4.24. The zero-order valence-corrected chi connectivity index (χ0v) is 15.9. The van der Waals surface area contributed by atoms with Gasteiger partial charge in [-0.25, -0.2) is 8.78 Å². The topological polar surface area (TPSA) is 48.9 Å². The van der Waals surface area contributed by atoms with E-state index in [0.717, 1.165) is 32.3 Å². The number of guanidine groups is 1. The van der Waals surface area contributed by atoms with E-state index in [-0.39, 0.29) is 6.10 Å². The summed E-state index contributed by atoms with van der Waals surface area (Å²) < 4.78 is 32.7. The fourth-order valence-electron chi connectivity index (χ4n) is 3.07. The minimum absolute atomic E-state index is 0.113. The summed E-state index contributed by atoms with van der Waals surface area (Å²) in [6.45, 7) is 9.24. The van der Waals surface area contributed by atoms with E-state index >= 15 is 0 Å². The minimum atomic E-state index is -0.814. The van der Waals surface area contributed by atoms with Gasteiger partial charge in [-0.15, -0.1) is 0 Å². The van der Waals surface area contributed by atoms with Gasteiger partial charge in [-0.05, 0) is 24.0 Å². The molecule has 0 radical (unpaired) electrons. The Morgan fingerprint density at radius 1 is 1.35 bits per heavy atom. The molecule has 1 aliphatic heterocycles. The number of hydrogen-bond donors (Lipinski definition) is 2. The maximum Gasteiger partial charge on any atom is 0.191 e. The van der Waals surface area contributed by atoms with Gasteiger partial charge < -0.3 is 15.4 Å². The fraction of sp³-hybridized carbons (Fsp3) is 0.632. The third-order valence-corrected chi connectivity index (χ3v) is 4.29. The van der Waals surface area contributed by atoms with Crippen LogP contribution >= 0.6 is 0 Å². The van der Waals surface area contributed by atoms with Crippen LogP contribution in [0.15, 0.2) is 23.2 Å². The predicted molar refractivity (Wildman–Crippen MR) is 100 cm³/mol. The average Bonchev–Trinajstić information content (AvgIpc) is 2.61. The largest absolute Gasteiger partial charge is 0.374 e. The smallest absolute Gasteiger partial charge is 0.191 e. The molecule has 1 unspecified atom stereocenters. The average molecular weight is 368 g/mol. The van der Waals surface area contributed by atoms with Crippen LogP contribution in [-0.2, 0) is 11.2 Å². The van der Waals surface area contributed by atoms with Crippen molar-refractivity contribution in [1.82, 2.24) is 15.5 Å². The quantitative estimate of drug-likeness (QED) is 0.571. The van der Waals surface area contributed by atoms with Gasteiger partial charge in [0, 0.05) is 39.8 Å². The number of morpholine rings is 1. The van der Waals surface area contributed by atoms with E-state index in [0.29, 0.717) is 37.0 Å². The van der Waals surface area contributed by atoms with Crippen molar-refractivity contribution in [3.05, 3.63) is 35.4 Å². The number of hydrogen-bond acceptors (Lipinski definition) is 3. The van der Waals surface area contributed by atoms with E-state index in [1.165, 1.54) is 6.07 Å². The molecule has 146 valence electrons. The molecule has 2 rings (SSSR count). The lowest BCUT2D eigenvalue weighted by Gasteiger charge is -2.34. The number of benzene rings is 1. The Morgan fingerprint density at radius 2 is 2.15 bits per heavy atom. The molecule has 0 spiro atoms. The molecule has 5 nitrogen and oxygen atoms in total. The van der Waals surface area contributed by atoms with Crippen molar-refractivity contribution in [2.24, 2.45) is 10.9 Å². The number of rotatable bonds is 7. The van der Waals surface area contributed by atoms with Crippen LogP contribution in [0.1, 0.15) is 19.4 Å². The summed E-state index contributed by atoms with van der Waals surface area (Å²) >= 11 is 0. The van der Waals surface area contributed by atoms with Gasteiger partial charge in [0.15, 0.2) is 17.6 Å². The molecule has 7 heteroatoms. The summed E-state index contributed by atoms with van der Waals surface area (Å²) in [5.41, 5.74) is 0.355. The van der Waals surface area contributed by atoms with Gasteiger partial charge in [0.1, 0.15) is 0 Å². The first kappa shape index (κ1) is 20.6. The molecule has 0 aliphatic carbocycles. The highest BCUT2D eigenvalue weighted by atomic mass is 19.2. The second kappa shape index (κ2) is 10.4. The van der Waals surface area contributed by atoms with Crippen molar-refractivity contribution in [1.29, 1.82) is 0 Å². The van der Waals surface area contributed by atoms with Crippen LogP contribution in [-0.4, -0.2) is 63.3 Å². The van der Waals surface area contributed by atoms with E-state index in [1.807, 2.05) is 0 Å². The Balaban J connectivity index is 1.73. The first-order chi connectivity index (χ1) is 12.5. The first-order valence-corrected chi connectivity index (χ1v) is 9.21. The summed E-state index contributed by atoms with van der Waals surface area (Å²) in [6.07, 6.45) is 0.494. The van der Waals surface area contributed by atoms with E-state index < -0.39 is 11.6 Å². The second-order valence-electron chi connectivity index (χ2n) is 6.99. The molecule has 1 saturated heterocycles. The number of aliphatic imine (C=N–C) groups is 1. The minimum Gasteiger partial charge on any atom is -0.374 e. The summed E-state index contributed by atoms with van der Waals surface area (Å²) in [4.78, 5) is 6.59. The highest BCUT2D eigenvalue weighted by Gasteiger charge is 2.21. The molecule has 0 aromatic heterocycles. The van der Waals surface area contributed by atoms with Gasteiger partial charge in [0.25, 0.3) is 0 Å². The molecule has 1 aliphatic rings. The molecule has 1 aromatic rings. The van der Waals surface area contributed by atoms with Crippen LogP contribution < -0.4 is 10.6 Å². The van der Waals surface area contributed by atoms with Crippen LogP contribution in [0.3, 0.4) is 0 Å². The van der Waals surface area contributed by atoms with E-state index in [1.54, 1.807) is 13.1 Å². The number of ether oxygens (including phenoxy) is 1. The van der Waals surface area contributed by atoms with Gasteiger partial charge in [-0.3, -0.25) is 9.89 Å². The normalized spacial score (nSPS) is 19.0. The highest BCUT2D eigenvalue weighted by Crippen LogP contribution is 2.11. The lowest BCUT2D eigenvalue weighted by Crippen LogP contribution is -2.50. The van der Waals surface area contributed by atoms with Gasteiger partial charge >= 0.3 is 0 Å². The lowest BCUT2D eigenvalue weighted by molar-refractivity contribution is -0.0284. The molecule has 0 bridgehead atoms. The molecule has 1 atom stereocenters. The predicted octanol–water partition coefficient (Wildman–Crippen LogP) is 2.03. The van der Waals surface area contributed by atoms with Crippen molar-refractivity contribution in [2.45, 2.75) is 26.4 Å². The maximum atomic E-state index is 13.7. The molecule has 1 aromatic carbocycles. The zero-order chi connectivity index (χ0) is 18.9. The Morgan fingerprint density at radius 3 is 2.88 bits per heavy atom. The summed E-state index contributed by atoms with van der Waals surface area (Å²) in [7, 11) is 1.69. The van der Waals surface area contributed by atoms with Gasteiger partial charge in [0.05, 0.1) is 12.7 Å². The third-order valence-electron chi connectivity index (χ3n) is 4.29. The molecule has 26 heavy (non-hydrogen) atoms. The fourth-order valence-corrected chi connectivity index (χ4v) is 3.07. The second-order valence-corrected chi connectivity index (χ2v) is 6.99. The van der Waals surface area contributed by atoms with Crippen molar-refractivity contribution in [2.75, 3.05) is 46.4 Å². The Hall–Kier alpha value is -1.73. The molecule has 0 amide bonds. The van der Waals surface area contributed by atoms with Gasteiger partial charge in [-0.1, -0.05) is 26.0 Å². The molecule has 2 N–H and O–H groups in total. The molecular weight excluding hydrogens is 338 g/mol. The summed E-state index contributed by atoms with van der Waals surface area (Å²) in [5.74, 6) is -0.325. The monoisotopic (exact) mass is 368 g/mol. The van der Waals surface area contributed by atoms with E-state index in [2.05, 4.69) is 34.4 Å². The van der Waals surface area contributed by atoms with Crippen molar-refractivity contribution in [3.63, 3.8) is 0 Å². The Bertz CT molecular complexity index is 595. The summed E-state index contributed by atoms with van der Waals surface area (Å²) in [5, 5.41) is 6.37. The van der Waals surface area contributed by atoms with E-state index in [4.69, 9.17) is 4.74 Å².